The molecule has 0 bridgehead atoms. The molecule has 2 aromatic rings. The zero-order chi connectivity index (χ0) is 26.7. The summed E-state index contributed by atoms with van der Waals surface area (Å²) in [7, 11) is 4.32. The van der Waals surface area contributed by atoms with Gasteiger partial charge in [0.15, 0.2) is 5.71 Å². The van der Waals surface area contributed by atoms with Crippen molar-refractivity contribution in [2.24, 2.45) is 0 Å². The van der Waals surface area contributed by atoms with E-state index in [2.05, 4.69) is 144 Å². The first-order valence-electron chi connectivity index (χ1n) is 12.9. The van der Waals surface area contributed by atoms with Crippen LogP contribution in [-0.4, -0.2) is 24.4 Å². The Labute approximate surface area is 243 Å². The molecule has 5 heteroatoms. The maximum absolute atomic E-state index is 7.04. The van der Waals surface area contributed by atoms with Crippen LogP contribution in [0, 0.1) is 0 Å². The van der Waals surface area contributed by atoms with Gasteiger partial charge in [-0.2, -0.15) is 4.58 Å². The Morgan fingerprint density at radius 2 is 1.57 bits per heavy atom. The lowest BCUT2D eigenvalue weighted by Gasteiger charge is -2.24. The number of hydrogen-bond donors (Lipinski definition) is 0. The standard InChI is InChI=1S/C32H34Br2ClN2/c1-31(2)24-18-22(33)12-14-26(24)36(5)28(31)16-10-20-8-7-9-21(30(20)35)11-17-29-32(3,4)25-19-23(34)13-15-27(25)37(29)6/h10-19H,7-9H2,1-6H3/q+1. The molecule has 2 aliphatic heterocycles. The van der Waals surface area contributed by atoms with Crippen molar-refractivity contribution in [3.8, 4) is 0 Å². The third-order valence-electron chi connectivity index (χ3n) is 8.33. The van der Waals surface area contributed by atoms with Crippen molar-refractivity contribution in [3.05, 3.63) is 103 Å². The Kier molecular flexibility index (Phi) is 7.00. The Balaban J connectivity index is 1.46. The summed E-state index contributed by atoms with van der Waals surface area (Å²) in [5, 5.41) is 0.900. The molecule has 0 unspecified atom stereocenters. The lowest BCUT2D eigenvalue weighted by Crippen LogP contribution is -2.26. The van der Waals surface area contributed by atoms with Gasteiger partial charge in [-0.25, -0.2) is 0 Å². The number of rotatable bonds is 3. The van der Waals surface area contributed by atoms with Crippen LogP contribution >= 0.6 is 43.5 Å². The molecule has 1 aliphatic carbocycles. The van der Waals surface area contributed by atoms with E-state index < -0.39 is 0 Å². The maximum Gasteiger partial charge on any atom is 0.209 e. The van der Waals surface area contributed by atoms with E-state index in [0.29, 0.717) is 0 Å². The Morgan fingerprint density at radius 3 is 2.30 bits per heavy atom. The van der Waals surface area contributed by atoms with Crippen LogP contribution in [0.1, 0.15) is 58.1 Å². The average Bonchev–Trinajstić information content (AvgIpc) is 3.15. The number of likely N-dealkylation sites (N-methyl/N-ethyl adjacent to an activating group) is 1. The zero-order valence-corrected chi connectivity index (χ0v) is 26.4. The molecule has 0 aromatic heterocycles. The predicted octanol–water partition coefficient (Wildman–Crippen LogP) is 9.69. The number of anilines is 1. The zero-order valence-electron chi connectivity index (χ0n) is 22.4. The molecular formula is C32H34Br2ClN2+. The fraction of sp³-hybridized carbons (Fsp3) is 0.344. The molecule has 0 spiro atoms. The Bertz CT molecular complexity index is 1450. The van der Waals surface area contributed by atoms with E-state index in [1.807, 2.05) is 0 Å². The lowest BCUT2D eigenvalue weighted by molar-refractivity contribution is -0.401. The summed E-state index contributed by atoms with van der Waals surface area (Å²) in [6.07, 6.45) is 12.2. The van der Waals surface area contributed by atoms with Crippen LogP contribution in [0.3, 0.4) is 0 Å². The van der Waals surface area contributed by atoms with Gasteiger partial charge >= 0.3 is 0 Å². The monoisotopic (exact) mass is 639 g/mol. The lowest BCUT2D eigenvalue weighted by atomic mass is 9.81. The molecule has 0 fully saturated rings. The quantitative estimate of drug-likeness (QED) is 0.303. The molecule has 0 saturated heterocycles. The van der Waals surface area contributed by atoms with Crippen molar-refractivity contribution in [1.82, 2.24) is 0 Å². The summed E-state index contributed by atoms with van der Waals surface area (Å²) in [6, 6.07) is 13.1. The number of allylic oxidation sites excluding steroid dienone is 8. The first-order valence-corrected chi connectivity index (χ1v) is 14.8. The van der Waals surface area contributed by atoms with Crippen molar-refractivity contribution in [1.29, 1.82) is 0 Å². The molecule has 2 nitrogen and oxygen atoms in total. The fourth-order valence-corrected chi connectivity index (χ4v) is 7.22. The van der Waals surface area contributed by atoms with Gasteiger partial charge in [0.1, 0.15) is 7.05 Å². The largest absolute Gasteiger partial charge is 0.347 e. The van der Waals surface area contributed by atoms with Gasteiger partial charge < -0.3 is 4.90 Å². The van der Waals surface area contributed by atoms with Crippen LogP contribution in [-0.2, 0) is 10.8 Å². The third kappa shape index (κ3) is 4.53. The first kappa shape index (κ1) is 26.7. The van der Waals surface area contributed by atoms with Crippen LogP contribution in [0.15, 0.2) is 91.5 Å². The van der Waals surface area contributed by atoms with Gasteiger partial charge in [-0.05, 0) is 86.2 Å². The molecule has 192 valence electrons. The normalized spacial score (nSPS) is 22.6. The smallest absolute Gasteiger partial charge is 0.209 e. The van der Waals surface area contributed by atoms with Crippen LogP contribution in [0.2, 0.25) is 0 Å². The predicted molar refractivity (Wildman–Crippen MR) is 166 cm³/mol. The molecule has 0 atom stereocenters. The minimum atomic E-state index is -0.0716. The highest BCUT2D eigenvalue weighted by Crippen LogP contribution is 2.48. The van der Waals surface area contributed by atoms with Gasteiger partial charge in [0.25, 0.3) is 0 Å². The molecule has 37 heavy (non-hydrogen) atoms. The van der Waals surface area contributed by atoms with Crippen molar-refractivity contribution < 1.29 is 4.58 Å². The fourth-order valence-electron chi connectivity index (χ4n) is 6.18. The van der Waals surface area contributed by atoms with Crippen LogP contribution in [0.25, 0.3) is 0 Å². The Morgan fingerprint density at radius 1 is 0.892 bits per heavy atom. The highest BCUT2D eigenvalue weighted by molar-refractivity contribution is 9.10. The molecule has 5 rings (SSSR count). The first-order chi connectivity index (χ1) is 17.4. The molecular weight excluding hydrogens is 608 g/mol. The van der Waals surface area contributed by atoms with E-state index in [1.54, 1.807) is 0 Å². The topological polar surface area (TPSA) is 6.25 Å². The summed E-state index contributed by atoms with van der Waals surface area (Å²) in [5.41, 5.74) is 10.1. The number of benzene rings is 2. The summed E-state index contributed by atoms with van der Waals surface area (Å²) in [4.78, 5) is 2.31. The summed E-state index contributed by atoms with van der Waals surface area (Å²) in [5.74, 6) is 0. The van der Waals surface area contributed by atoms with Crippen molar-refractivity contribution >= 4 is 60.5 Å². The highest BCUT2D eigenvalue weighted by Gasteiger charge is 2.43. The van der Waals surface area contributed by atoms with E-state index in [4.69, 9.17) is 11.6 Å². The van der Waals surface area contributed by atoms with Gasteiger partial charge in [-0.3, -0.25) is 0 Å². The number of nitrogens with zero attached hydrogens (tertiary/aromatic N) is 2. The summed E-state index contributed by atoms with van der Waals surface area (Å²) in [6.45, 7) is 9.19. The maximum atomic E-state index is 7.04. The minimum absolute atomic E-state index is 0.0716. The highest BCUT2D eigenvalue weighted by atomic mass is 79.9. The van der Waals surface area contributed by atoms with E-state index in [0.717, 1.165) is 33.2 Å². The molecule has 3 aliphatic rings. The van der Waals surface area contributed by atoms with Gasteiger partial charge in [0.2, 0.25) is 5.69 Å². The Hall–Kier alpha value is -1.88. The van der Waals surface area contributed by atoms with Gasteiger partial charge in [0.05, 0.1) is 5.41 Å². The summed E-state index contributed by atoms with van der Waals surface area (Å²) < 4.78 is 4.54. The second kappa shape index (κ2) is 9.70. The van der Waals surface area contributed by atoms with E-state index in [9.17, 15) is 0 Å². The van der Waals surface area contributed by atoms with Gasteiger partial charge in [0, 0.05) is 55.5 Å². The van der Waals surface area contributed by atoms with E-state index in [1.165, 1.54) is 45.1 Å². The van der Waals surface area contributed by atoms with Crippen LogP contribution in [0.5, 0.6) is 0 Å². The van der Waals surface area contributed by atoms with Gasteiger partial charge in [-0.1, -0.05) is 69.5 Å². The van der Waals surface area contributed by atoms with Crippen LogP contribution < -0.4 is 4.90 Å². The molecule has 0 amide bonds. The van der Waals surface area contributed by atoms with Crippen molar-refractivity contribution in [2.75, 3.05) is 19.0 Å². The summed E-state index contributed by atoms with van der Waals surface area (Å²) >= 11 is 14.3. The molecule has 2 heterocycles. The van der Waals surface area contributed by atoms with E-state index >= 15 is 0 Å². The average molecular weight is 642 g/mol. The number of fused-ring (bicyclic) bond motifs is 2. The third-order valence-corrected chi connectivity index (χ3v) is 9.80. The second-order valence-corrected chi connectivity index (χ2v) is 13.6. The molecule has 0 radical (unpaired) electrons. The van der Waals surface area contributed by atoms with E-state index in [-0.39, 0.29) is 10.8 Å². The van der Waals surface area contributed by atoms with Crippen molar-refractivity contribution in [3.63, 3.8) is 0 Å². The molecule has 0 saturated carbocycles. The number of halogens is 3. The molecule has 2 aromatic carbocycles. The second-order valence-electron chi connectivity index (χ2n) is 11.3. The molecule has 0 N–H and O–H groups in total. The SMILES string of the molecule is CN1C(=CC=C2CCCC(C=CC3=[N+](C)c4ccc(Br)cc4C3(C)C)=C2Cl)C(C)(C)c2cc(Br)ccc21. The number of hydrogen-bond acceptors (Lipinski definition) is 1. The van der Waals surface area contributed by atoms with Gasteiger partial charge in [-0.15, -0.1) is 0 Å². The van der Waals surface area contributed by atoms with Crippen molar-refractivity contribution in [2.45, 2.75) is 57.8 Å². The minimum Gasteiger partial charge on any atom is -0.347 e. The van der Waals surface area contributed by atoms with Crippen LogP contribution in [0.4, 0.5) is 11.4 Å².